The molecule has 0 saturated heterocycles. The van der Waals surface area contributed by atoms with Gasteiger partial charge in [-0.05, 0) is 119 Å². The highest BCUT2D eigenvalue weighted by atomic mass is 35.5. The van der Waals surface area contributed by atoms with E-state index < -0.39 is 0 Å². The summed E-state index contributed by atoms with van der Waals surface area (Å²) in [5.41, 5.74) is 6.39. The largest absolute Gasteiger partial charge is 0.340 e. The molecule has 0 aliphatic carbocycles. The lowest BCUT2D eigenvalue weighted by molar-refractivity contribution is 0.402. The van der Waals surface area contributed by atoms with Crippen LogP contribution >= 0.6 is 59.1 Å². The van der Waals surface area contributed by atoms with Crippen molar-refractivity contribution in [2.24, 2.45) is 0 Å². The third-order valence-electron chi connectivity index (χ3n) is 7.13. The van der Waals surface area contributed by atoms with E-state index in [-0.39, 0.29) is 12.4 Å². The molecule has 43 heavy (non-hydrogen) atoms. The lowest BCUT2D eigenvalue weighted by Gasteiger charge is -2.33. The fraction of sp³-hybridized carbons (Fsp3) is 0.257. The third kappa shape index (κ3) is 8.55. The zero-order valence-electron chi connectivity index (χ0n) is 25.0. The summed E-state index contributed by atoms with van der Waals surface area (Å²) in [7, 11) is 8.44. The first-order valence-electron chi connectivity index (χ1n) is 14.2. The summed E-state index contributed by atoms with van der Waals surface area (Å²) >= 11 is 16.1. The van der Waals surface area contributed by atoms with Crippen molar-refractivity contribution in [2.75, 3.05) is 52.7 Å². The molecule has 226 valence electrons. The summed E-state index contributed by atoms with van der Waals surface area (Å²) in [6.45, 7) is 3.14. The fourth-order valence-corrected chi connectivity index (χ4v) is 7.62. The van der Waals surface area contributed by atoms with Gasteiger partial charge in [-0.2, -0.15) is 0 Å². The summed E-state index contributed by atoms with van der Waals surface area (Å²) in [4.78, 5) is 12.0. The van der Waals surface area contributed by atoms with E-state index in [2.05, 4.69) is 122 Å². The van der Waals surface area contributed by atoms with Gasteiger partial charge in [-0.1, -0.05) is 83.1 Å². The van der Waals surface area contributed by atoms with E-state index >= 15 is 0 Å². The van der Waals surface area contributed by atoms with E-state index in [4.69, 9.17) is 23.2 Å². The van der Waals surface area contributed by atoms with Crippen LogP contribution in [-0.2, 0) is 0 Å². The summed E-state index contributed by atoms with van der Waals surface area (Å²) in [6.07, 6.45) is 4.50. The minimum absolute atomic E-state index is 0. The van der Waals surface area contributed by atoms with Crippen LogP contribution in [0.2, 0.25) is 10.0 Å². The Balaban J connectivity index is 0.000000192. The Morgan fingerprint density at radius 2 is 1.23 bits per heavy atom. The van der Waals surface area contributed by atoms with Gasteiger partial charge in [-0.25, -0.2) is 0 Å². The van der Waals surface area contributed by atoms with Crippen LogP contribution in [0.1, 0.15) is 24.0 Å². The number of hydrogen-bond donors (Lipinski definition) is 0. The second-order valence-corrected chi connectivity index (χ2v) is 14.0. The van der Waals surface area contributed by atoms with Gasteiger partial charge in [0, 0.05) is 42.7 Å². The highest BCUT2D eigenvalue weighted by Gasteiger charge is 2.23. The summed E-state index contributed by atoms with van der Waals surface area (Å²) in [6, 6.07) is 29.5. The van der Waals surface area contributed by atoms with Crippen LogP contribution in [0.15, 0.2) is 111 Å². The van der Waals surface area contributed by atoms with Crippen molar-refractivity contribution in [3.8, 4) is 0 Å². The highest BCUT2D eigenvalue weighted by Crippen LogP contribution is 2.49. The number of rotatable bonds is 7. The number of nitrogens with zero attached hydrogens (tertiary/aromatic N) is 3. The van der Waals surface area contributed by atoms with E-state index in [0.29, 0.717) is 0 Å². The molecule has 2 aliphatic heterocycles. The minimum Gasteiger partial charge on any atom is -0.340 e. The number of anilines is 2. The normalized spacial score (nSPS) is 13.9. The van der Waals surface area contributed by atoms with Crippen LogP contribution in [0.5, 0.6) is 0 Å². The Morgan fingerprint density at radius 1 is 0.651 bits per heavy atom. The van der Waals surface area contributed by atoms with Crippen LogP contribution in [0, 0.1) is 0 Å². The topological polar surface area (TPSA) is 9.72 Å². The molecule has 0 aromatic heterocycles. The molecule has 0 fully saturated rings. The molecule has 0 radical (unpaired) electrons. The molecule has 4 aromatic carbocycles. The molecule has 0 saturated carbocycles. The van der Waals surface area contributed by atoms with E-state index in [0.717, 1.165) is 42.5 Å². The maximum absolute atomic E-state index is 6.21. The molecule has 0 spiro atoms. The van der Waals surface area contributed by atoms with Crippen molar-refractivity contribution in [2.45, 2.75) is 32.4 Å². The summed E-state index contributed by atoms with van der Waals surface area (Å²) in [5.74, 6) is 0. The fourth-order valence-electron chi connectivity index (χ4n) is 5.12. The molecule has 2 heterocycles. The third-order valence-corrected chi connectivity index (χ3v) is 9.88. The van der Waals surface area contributed by atoms with Gasteiger partial charge in [0.25, 0.3) is 0 Å². The Bertz CT molecular complexity index is 1570. The molecule has 0 unspecified atom stereocenters. The number of hydrogen-bond acceptors (Lipinski definition) is 5. The van der Waals surface area contributed by atoms with E-state index in [1.807, 2.05) is 35.7 Å². The quantitative estimate of drug-likeness (QED) is 0.170. The number of halogens is 3. The maximum atomic E-state index is 6.21. The van der Waals surface area contributed by atoms with Crippen molar-refractivity contribution < 1.29 is 0 Å². The molecule has 0 atom stereocenters. The SMILES string of the molecule is CN(C)CC/C=C1/c2ccccc2Sc2ccc(Cl)cc21.CN(C)CCCN1c2ccccc2Sc2ccc(Cl)cc21.Cl. The molecule has 4 aromatic rings. The lowest BCUT2D eigenvalue weighted by atomic mass is 9.96. The van der Waals surface area contributed by atoms with Gasteiger partial charge in [0.2, 0.25) is 0 Å². The zero-order valence-corrected chi connectivity index (χ0v) is 29.0. The predicted molar refractivity (Wildman–Crippen MR) is 192 cm³/mol. The molecule has 2 aliphatic rings. The first-order chi connectivity index (χ1) is 20.3. The Hall–Kier alpha value is -2.09. The number of fused-ring (bicyclic) bond motifs is 4. The average molecular weight is 671 g/mol. The highest BCUT2D eigenvalue weighted by molar-refractivity contribution is 8.00. The molecule has 0 N–H and O–H groups in total. The van der Waals surface area contributed by atoms with E-state index in [1.165, 1.54) is 47.7 Å². The van der Waals surface area contributed by atoms with Crippen LogP contribution in [0.3, 0.4) is 0 Å². The Morgan fingerprint density at radius 3 is 1.98 bits per heavy atom. The monoisotopic (exact) mass is 669 g/mol. The second-order valence-electron chi connectivity index (χ2n) is 10.9. The van der Waals surface area contributed by atoms with Crippen molar-refractivity contribution in [1.82, 2.24) is 9.80 Å². The lowest BCUT2D eigenvalue weighted by Crippen LogP contribution is -2.25. The first kappa shape index (κ1) is 33.8. The van der Waals surface area contributed by atoms with Crippen LogP contribution in [0.4, 0.5) is 11.4 Å². The van der Waals surface area contributed by atoms with Crippen molar-refractivity contribution in [1.29, 1.82) is 0 Å². The van der Waals surface area contributed by atoms with Gasteiger partial charge >= 0.3 is 0 Å². The number of benzene rings is 4. The molecule has 0 bridgehead atoms. The van der Waals surface area contributed by atoms with Crippen LogP contribution < -0.4 is 4.90 Å². The maximum Gasteiger partial charge on any atom is 0.0567 e. The zero-order chi connectivity index (χ0) is 29.6. The van der Waals surface area contributed by atoms with Gasteiger partial charge in [-0.15, -0.1) is 12.4 Å². The van der Waals surface area contributed by atoms with Gasteiger partial charge in [0.05, 0.1) is 11.4 Å². The second kappa shape index (κ2) is 15.8. The smallest absolute Gasteiger partial charge is 0.0567 e. The van der Waals surface area contributed by atoms with Gasteiger partial charge in [-0.3, -0.25) is 0 Å². The van der Waals surface area contributed by atoms with Gasteiger partial charge < -0.3 is 14.7 Å². The summed E-state index contributed by atoms with van der Waals surface area (Å²) in [5, 5.41) is 1.60. The Labute approximate surface area is 281 Å². The van der Waals surface area contributed by atoms with Crippen LogP contribution in [-0.4, -0.2) is 57.6 Å². The molecule has 0 amide bonds. The van der Waals surface area contributed by atoms with Gasteiger partial charge in [0.1, 0.15) is 0 Å². The molecular formula is C35H38Cl3N3S2. The first-order valence-corrected chi connectivity index (χ1v) is 16.6. The van der Waals surface area contributed by atoms with E-state index in [9.17, 15) is 0 Å². The summed E-state index contributed by atoms with van der Waals surface area (Å²) < 4.78 is 0. The number of para-hydroxylation sites is 1. The van der Waals surface area contributed by atoms with Crippen molar-refractivity contribution >= 4 is 76.1 Å². The van der Waals surface area contributed by atoms with E-state index in [1.54, 1.807) is 0 Å². The van der Waals surface area contributed by atoms with Gasteiger partial charge in [0.15, 0.2) is 0 Å². The molecule has 3 nitrogen and oxygen atoms in total. The predicted octanol–water partition coefficient (Wildman–Crippen LogP) is 10.5. The standard InChI is InChI=1S/C18H18ClNS.C17H19ClN2S.ClH/c1-20(2)11-5-7-14-15-6-3-4-8-17(15)21-18-10-9-13(19)12-16(14)18;1-19(2)10-5-11-20-14-6-3-4-7-16(14)21-17-9-8-13(18)12-15(17)20;/h3-4,6-10,12H,5,11H2,1-2H3;3-4,6-9,12H,5,10-11H2,1-2H3;1H/b14-7-;;. The average Bonchev–Trinajstić information content (AvgIpc) is 2.97. The molecule has 8 heteroatoms. The van der Waals surface area contributed by atoms with Crippen LogP contribution in [0.25, 0.3) is 5.57 Å². The minimum atomic E-state index is 0. The van der Waals surface area contributed by atoms with Crippen molar-refractivity contribution in [3.05, 3.63) is 112 Å². The van der Waals surface area contributed by atoms with Crippen molar-refractivity contribution in [3.63, 3.8) is 0 Å². The molecule has 6 rings (SSSR count). The Kier molecular flexibility index (Phi) is 12.4. The molecular weight excluding hydrogens is 633 g/mol.